The zero-order valence-corrected chi connectivity index (χ0v) is 22.7. The molecular weight excluding hydrogens is 564 g/mol. The van der Waals surface area contributed by atoms with Crippen LogP contribution in [-0.4, -0.2) is 104 Å². The lowest BCUT2D eigenvalue weighted by atomic mass is 9.88. The van der Waals surface area contributed by atoms with Gasteiger partial charge in [0.2, 0.25) is 6.10 Å². The maximum atomic E-state index is 12.8. The SMILES string of the molecule is CC(C)CC1(C(=O)O)CC(=O)OC(C(=O)O)CC(=O)OCC2OC(O1)C(OC(=O)/C=C/c1ccc(O)cc1)C(O)C2O. The first-order chi connectivity index (χ1) is 19.7. The molecule has 1 aromatic rings. The van der Waals surface area contributed by atoms with Gasteiger partial charge in [-0.2, -0.15) is 0 Å². The minimum absolute atomic E-state index is 0.00699. The Morgan fingerprint density at radius 1 is 1.07 bits per heavy atom. The molecule has 15 heteroatoms. The number of carboxylic acids is 2. The first-order valence-corrected chi connectivity index (χ1v) is 12.9. The molecule has 2 bridgehead atoms. The van der Waals surface area contributed by atoms with Gasteiger partial charge in [0, 0.05) is 6.08 Å². The maximum Gasteiger partial charge on any atom is 0.345 e. The van der Waals surface area contributed by atoms with E-state index in [-0.39, 0.29) is 12.2 Å². The van der Waals surface area contributed by atoms with Crippen LogP contribution >= 0.6 is 0 Å². The molecule has 0 spiro atoms. The number of carbonyl (C=O) groups excluding carboxylic acids is 3. The molecule has 2 saturated heterocycles. The van der Waals surface area contributed by atoms with E-state index in [4.69, 9.17) is 23.7 Å². The molecule has 0 radical (unpaired) electrons. The van der Waals surface area contributed by atoms with Crippen molar-refractivity contribution in [1.29, 1.82) is 0 Å². The van der Waals surface area contributed by atoms with Crippen LogP contribution in [0.25, 0.3) is 6.08 Å². The number of phenols is 1. The first-order valence-electron chi connectivity index (χ1n) is 12.9. The van der Waals surface area contributed by atoms with Gasteiger partial charge in [0.25, 0.3) is 0 Å². The van der Waals surface area contributed by atoms with Crippen LogP contribution < -0.4 is 0 Å². The van der Waals surface area contributed by atoms with Crippen molar-refractivity contribution in [2.75, 3.05) is 6.61 Å². The summed E-state index contributed by atoms with van der Waals surface area (Å²) in [5, 5.41) is 50.6. The smallest absolute Gasteiger partial charge is 0.345 e. The molecule has 0 amide bonds. The minimum Gasteiger partial charge on any atom is -0.508 e. The molecule has 7 unspecified atom stereocenters. The van der Waals surface area contributed by atoms with E-state index < -0.39 is 97.6 Å². The van der Waals surface area contributed by atoms with E-state index in [0.29, 0.717) is 5.56 Å². The van der Waals surface area contributed by atoms with E-state index in [9.17, 15) is 49.5 Å². The lowest BCUT2D eigenvalue weighted by Gasteiger charge is -2.44. The molecule has 0 aromatic heterocycles. The second-order valence-corrected chi connectivity index (χ2v) is 10.2. The highest BCUT2D eigenvalue weighted by molar-refractivity contribution is 5.88. The largest absolute Gasteiger partial charge is 0.508 e. The zero-order chi connectivity index (χ0) is 31.2. The van der Waals surface area contributed by atoms with Crippen molar-refractivity contribution < 1.29 is 73.2 Å². The van der Waals surface area contributed by atoms with Crippen molar-refractivity contribution >= 4 is 35.9 Å². The number of fused-ring (bicyclic) bond motifs is 2. The van der Waals surface area contributed by atoms with Gasteiger partial charge < -0.3 is 49.2 Å². The van der Waals surface area contributed by atoms with Gasteiger partial charge in [-0.25, -0.2) is 14.4 Å². The second kappa shape index (κ2) is 13.7. The summed E-state index contributed by atoms with van der Waals surface area (Å²) in [6.07, 6.45) is -11.2. The highest BCUT2D eigenvalue weighted by atomic mass is 16.7. The third kappa shape index (κ3) is 8.25. The fourth-order valence-corrected chi connectivity index (χ4v) is 4.44. The number of carboxylic acid groups (broad SMARTS) is 2. The van der Waals surface area contributed by atoms with Crippen LogP contribution in [0.2, 0.25) is 0 Å². The van der Waals surface area contributed by atoms with Crippen molar-refractivity contribution in [1.82, 2.24) is 0 Å². The fraction of sp³-hybridized carbons (Fsp3) is 0.519. The van der Waals surface area contributed by atoms with Crippen LogP contribution in [0.15, 0.2) is 30.3 Å². The fourth-order valence-electron chi connectivity index (χ4n) is 4.44. The van der Waals surface area contributed by atoms with Crippen LogP contribution in [0.1, 0.15) is 38.7 Å². The monoisotopic (exact) mass is 596 g/mol. The number of benzene rings is 1. The van der Waals surface area contributed by atoms with Gasteiger partial charge in [-0.3, -0.25) is 9.59 Å². The Morgan fingerprint density at radius 2 is 1.74 bits per heavy atom. The molecule has 2 fully saturated rings. The molecule has 0 aliphatic carbocycles. The third-order valence-corrected chi connectivity index (χ3v) is 6.41. The van der Waals surface area contributed by atoms with Crippen LogP contribution in [0.5, 0.6) is 5.75 Å². The van der Waals surface area contributed by atoms with E-state index in [1.807, 2.05) is 0 Å². The zero-order valence-electron chi connectivity index (χ0n) is 22.7. The molecule has 42 heavy (non-hydrogen) atoms. The molecule has 230 valence electrons. The van der Waals surface area contributed by atoms with Gasteiger partial charge in [0.15, 0.2) is 18.0 Å². The van der Waals surface area contributed by atoms with Crippen LogP contribution in [-0.2, 0) is 47.7 Å². The maximum absolute atomic E-state index is 12.8. The summed E-state index contributed by atoms with van der Waals surface area (Å²) in [6, 6.07) is 5.73. The number of hydrogen-bond acceptors (Lipinski definition) is 13. The lowest BCUT2D eigenvalue weighted by Crippen LogP contribution is -2.63. The predicted octanol–water partition coefficient (Wildman–Crippen LogP) is -0.0166. The summed E-state index contributed by atoms with van der Waals surface area (Å²) in [5.74, 6) is -7.37. The number of aliphatic carboxylic acids is 2. The van der Waals surface area contributed by atoms with Crippen molar-refractivity contribution in [3.05, 3.63) is 35.9 Å². The summed E-state index contributed by atoms with van der Waals surface area (Å²) in [6.45, 7) is 2.48. The van der Waals surface area contributed by atoms with Crippen LogP contribution in [0.3, 0.4) is 0 Å². The van der Waals surface area contributed by atoms with Crippen LogP contribution in [0, 0.1) is 5.92 Å². The molecule has 5 N–H and O–H groups in total. The van der Waals surface area contributed by atoms with Crippen molar-refractivity contribution in [2.24, 2.45) is 5.92 Å². The summed E-state index contributed by atoms with van der Waals surface area (Å²) in [7, 11) is 0. The number of phenolic OH excluding ortho intramolecular Hbond substituents is 1. The molecule has 3 rings (SSSR count). The first kappa shape index (κ1) is 32.5. The van der Waals surface area contributed by atoms with Crippen molar-refractivity contribution in [2.45, 2.75) is 75.5 Å². The molecule has 15 nitrogen and oxygen atoms in total. The van der Waals surface area contributed by atoms with Gasteiger partial charge in [0.1, 0.15) is 30.7 Å². The number of carbonyl (C=O) groups is 5. The Kier molecular flexibility index (Phi) is 10.6. The molecule has 2 heterocycles. The number of rotatable bonds is 7. The molecule has 0 saturated carbocycles. The topological polar surface area (TPSA) is 233 Å². The van der Waals surface area contributed by atoms with Gasteiger partial charge in [-0.05, 0) is 36.1 Å². The Morgan fingerprint density at radius 3 is 2.33 bits per heavy atom. The number of ether oxygens (including phenoxy) is 5. The van der Waals surface area contributed by atoms with Gasteiger partial charge in [0.05, 0.1) is 12.8 Å². The summed E-state index contributed by atoms with van der Waals surface area (Å²) in [4.78, 5) is 61.9. The van der Waals surface area contributed by atoms with Gasteiger partial charge in [-0.15, -0.1) is 0 Å². The Labute approximate surface area is 239 Å². The lowest BCUT2D eigenvalue weighted by molar-refractivity contribution is -0.327. The Hall–Kier alpha value is -4.05. The molecule has 7 atom stereocenters. The Balaban J connectivity index is 1.99. The Bertz CT molecular complexity index is 1190. The molecule has 2 aliphatic heterocycles. The van der Waals surface area contributed by atoms with Crippen LogP contribution in [0.4, 0.5) is 0 Å². The highest BCUT2D eigenvalue weighted by Crippen LogP contribution is 2.34. The van der Waals surface area contributed by atoms with E-state index >= 15 is 0 Å². The van der Waals surface area contributed by atoms with E-state index in [2.05, 4.69) is 0 Å². The summed E-state index contributed by atoms with van der Waals surface area (Å²) in [5.41, 5.74) is -1.96. The average molecular weight is 597 g/mol. The summed E-state index contributed by atoms with van der Waals surface area (Å²) < 4.78 is 26.6. The standard InChI is InChI=1S/C27H32O15/c1-13(2)10-27(26(36)37)11-20(31)39-16(24(34)35)9-19(30)38-12-17-21(32)22(33)23(25(40-17)42-27)41-18(29)8-5-14-3-6-15(28)7-4-14/h3-8,13,16-17,21-23,25,28,32-33H,9-12H2,1-2H3,(H,34,35)(H,36,37)/b8-5+. The third-order valence-electron chi connectivity index (χ3n) is 6.41. The molecule has 2 aliphatic rings. The second-order valence-electron chi connectivity index (χ2n) is 10.2. The quantitative estimate of drug-likeness (QED) is 0.158. The predicted molar refractivity (Wildman–Crippen MR) is 136 cm³/mol. The number of cyclic esters (lactones) is 2. The number of aliphatic hydroxyl groups excluding tert-OH is 2. The number of aromatic hydroxyl groups is 1. The van der Waals surface area contributed by atoms with E-state index in [1.54, 1.807) is 13.8 Å². The van der Waals surface area contributed by atoms with Crippen molar-refractivity contribution in [3.63, 3.8) is 0 Å². The minimum atomic E-state index is -2.45. The van der Waals surface area contributed by atoms with Gasteiger partial charge >= 0.3 is 29.8 Å². The highest BCUT2D eigenvalue weighted by Gasteiger charge is 2.54. The average Bonchev–Trinajstić information content (AvgIpc) is 2.91. The summed E-state index contributed by atoms with van der Waals surface area (Å²) >= 11 is 0. The molecule has 1 aromatic carbocycles. The van der Waals surface area contributed by atoms with E-state index in [1.165, 1.54) is 30.3 Å². The number of aliphatic hydroxyl groups is 2. The van der Waals surface area contributed by atoms with E-state index in [0.717, 1.165) is 6.08 Å². The molecular formula is C27H32O15. The van der Waals surface area contributed by atoms with Crippen molar-refractivity contribution in [3.8, 4) is 5.75 Å². The number of hydrogen-bond donors (Lipinski definition) is 5. The van der Waals surface area contributed by atoms with Gasteiger partial charge in [-0.1, -0.05) is 26.0 Å². The normalized spacial score (nSPS) is 30.8. The number of esters is 3.